The van der Waals surface area contributed by atoms with Gasteiger partial charge in [-0.05, 0) is 49.2 Å². The van der Waals surface area contributed by atoms with E-state index >= 15 is 0 Å². The van der Waals surface area contributed by atoms with Gasteiger partial charge < -0.3 is 25.4 Å². The van der Waals surface area contributed by atoms with Gasteiger partial charge in [0.05, 0.1) is 12.0 Å². The molecule has 1 heterocycles. The van der Waals surface area contributed by atoms with Crippen LogP contribution in [0.15, 0.2) is 48.5 Å². The molecule has 170 valence electrons. The van der Waals surface area contributed by atoms with Crippen molar-refractivity contribution in [1.29, 1.82) is 0 Å². The number of aliphatic hydroxyl groups is 1. The molecular weight excluding hydrogens is 410 g/mol. The average molecular weight is 440 g/mol. The maximum absolute atomic E-state index is 12.4. The molecule has 1 aliphatic heterocycles. The lowest BCUT2D eigenvalue weighted by atomic mass is 10.1. The minimum absolute atomic E-state index is 0.128. The number of nitrogens with zero attached hydrogens (tertiary/aromatic N) is 1. The SMILES string of the molecule is CCc1ccccc1NC(=O)COc1ccc(N2C[C@@H](C(=O)NC[C@H](C)O)CC2=O)cc1. The van der Waals surface area contributed by atoms with Gasteiger partial charge in [0.1, 0.15) is 5.75 Å². The lowest BCUT2D eigenvalue weighted by Crippen LogP contribution is -2.36. The Balaban J connectivity index is 1.52. The maximum Gasteiger partial charge on any atom is 0.262 e. The van der Waals surface area contributed by atoms with Gasteiger partial charge in [-0.3, -0.25) is 14.4 Å². The van der Waals surface area contributed by atoms with Crippen LogP contribution in [-0.4, -0.2) is 48.6 Å². The van der Waals surface area contributed by atoms with Gasteiger partial charge in [-0.25, -0.2) is 0 Å². The van der Waals surface area contributed by atoms with Crippen molar-refractivity contribution in [3.05, 3.63) is 54.1 Å². The van der Waals surface area contributed by atoms with Crippen LogP contribution in [0, 0.1) is 5.92 Å². The summed E-state index contributed by atoms with van der Waals surface area (Å²) in [5.41, 5.74) is 2.49. The Bertz CT molecular complexity index is 958. The predicted octanol–water partition coefficient (Wildman–Crippen LogP) is 2.12. The van der Waals surface area contributed by atoms with Crippen molar-refractivity contribution in [2.75, 3.05) is 29.9 Å². The Hall–Kier alpha value is -3.39. The molecule has 2 aromatic carbocycles. The highest BCUT2D eigenvalue weighted by atomic mass is 16.5. The summed E-state index contributed by atoms with van der Waals surface area (Å²) in [7, 11) is 0. The fourth-order valence-corrected chi connectivity index (χ4v) is 3.53. The van der Waals surface area contributed by atoms with Crippen LogP contribution in [0.5, 0.6) is 5.75 Å². The third-order valence-electron chi connectivity index (χ3n) is 5.26. The topological polar surface area (TPSA) is 108 Å². The summed E-state index contributed by atoms with van der Waals surface area (Å²) in [4.78, 5) is 38.3. The largest absolute Gasteiger partial charge is 0.484 e. The van der Waals surface area contributed by atoms with Crippen molar-refractivity contribution >= 4 is 29.1 Å². The molecule has 0 bridgehead atoms. The molecule has 1 fully saturated rings. The average Bonchev–Trinajstić information content (AvgIpc) is 3.18. The number of benzene rings is 2. The monoisotopic (exact) mass is 439 g/mol. The molecule has 2 aromatic rings. The summed E-state index contributed by atoms with van der Waals surface area (Å²) in [6, 6.07) is 14.5. The number of ether oxygens (including phenoxy) is 1. The van der Waals surface area contributed by atoms with Crippen LogP contribution in [0.4, 0.5) is 11.4 Å². The highest BCUT2D eigenvalue weighted by Gasteiger charge is 2.35. The summed E-state index contributed by atoms with van der Waals surface area (Å²) < 4.78 is 5.57. The predicted molar refractivity (Wildman–Crippen MR) is 122 cm³/mol. The number of amides is 3. The number of aliphatic hydroxyl groups excluding tert-OH is 1. The van der Waals surface area contributed by atoms with Crippen LogP contribution in [0.1, 0.15) is 25.8 Å². The van der Waals surface area contributed by atoms with Crippen molar-refractivity contribution in [1.82, 2.24) is 5.32 Å². The molecule has 0 spiro atoms. The first-order valence-electron chi connectivity index (χ1n) is 10.7. The van der Waals surface area contributed by atoms with Crippen molar-refractivity contribution in [2.45, 2.75) is 32.8 Å². The lowest BCUT2D eigenvalue weighted by Gasteiger charge is -2.17. The van der Waals surface area contributed by atoms with E-state index in [1.807, 2.05) is 31.2 Å². The van der Waals surface area contributed by atoms with Crippen molar-refractivity contribution < 1.29 is 24.2 Å². The molecule has 3 N–H and O–H groups in total. The van der Waals surface area contributed by atoms with E-state index in [9.17, 15) is 19.5 Å². The molecule has 1 aliphatic rings. The first kappa shape index (κ1) is 23.3. The van der Waals surface area contributed by atoms with E-state index in [1.165, 1.54) is 0 Å². The number of hydrogen-bond donors (Lipinski definition) is 3. The Labute approximate surface area is 187 Å². The van der Waals surface area contributed by atoms with Crippen LogP contribution in [0.2, 0.25) is 0 Å². The second-order valence-corrected chi connectivity index (χ2v) is 7.84. The number of carbonyl (C=O) groups is 3. The van der Waals surface area contributed by atoms with Crippen molar-refractivity contribution in [3.63, 3.8) is 0 Å². The highest BCUT2D eigenvalue weighted by Crippen LogP contribution is 2.27. The summed E-state index contributed by atoms with van der Waals surface area (Å²) in [5.74, 6) is -0.574. The molecule has 1 saturated heterocycles. The van der Waals surface area contributed by atoms with Gasteiger partial charge in [-0.2, -0.15) is 0 Å². The second kappa shape index (κ2) is 10.8. The third-order valence-corrected chi connectivity index (χ3v) is 5.26. The number of rotatable bonds is 9. The number of para-hydroxylation sites is 1. The van der Waals surface area contributed by atoms with Gasteiger partial charge in [0, 0.05) is 30.9 Å². The van der Waals surface area contributed by atoms with E-state index in [1.54, 1.807) is 36.1 Å². The Kier molecular flexibility index (Phi) is 7.83. The Morgan fingerprint density at radius 1 is 1.19 bits per heavy atom. The maximum atomic E-state index is 12.4. The minimum atomic E-state index is -0.636. The second-order valence-electron chi connectivity index (χ2n) is 7.84. The Morgan fingerprint density at radius 2 is 1.91 bits per heavy atom. The molecule has 3 rings (SSSR count). The molecular formula is C24H29N3O5. The van der Waals surface area contributed by atoms with Gasteiger partial charge in [-0.15, -0.1) is 0 Å². The summed E-state index contributed by atoms with van der Waals surface area (Å²) in [6.45, 7) is 3.92. The number of anilines is 2. The standard InChI is InChI=1S/C24H29N3O5/c1-3-17-6-4-5-7-21(17)26-22(29)15-32-20-10-8-19(9-11-20)27-14-18(12-23(27)30)24(31)25-13-16(2)28/h4-11,16,18,28H,3,12-15H2,1-2H3,(H,25,31)(H,26,29)/t16-,18-/m0/s1. The Morgan fingerprint density at radius 3 is 2.59 bits per heavy atom. The van der Waals surface area contributed by atoms with Gasteiger partial charge in [0.2, 0.25) is 11.8 Å². The number of aryl methyl sites for hydroxylation is 1. The molecule has 3 amide bonds. The molecule has 0 unspecified atom stereocenters. The third kappa shape index (κ3) is 6.07. The normalized spacial score (nSPS) is 16.5. The van der Waals surface area contributed by atoms with Gasteiger partial charge >= 0.3 is 0 Å². The molecule has 2 atom stereocenters. The smallest absolute Gasteiger partial charge is 0.262 e. The van der Waals surface area contributed by atoms with Gasteiger partial charge in [0.15, 0.2) is 6.61 Å². The van der Waals surface area contributed by atoms with Crippen molar-refractivity contribution in [3.8, 4) is 5.75 Å². The lowest BCUT2D eigenvalue weighted by molar-refractivity contribution is -0.126. The molecule has 0 saturated carbocycles. The summed E-state index contributed by atoms with van der Waals surface area (Å²) in [6.07, 6.45) is 0.309. The summed E-state index contributed by atoms with van der Waals surface area (Å²) in [5, 5.41) is 14.8. The van der Waals surface area contributed by atoms with E-state index in [0.29, 0.717) is 11.4 Å². The van der Waals surface area contributed by atoms with E-state index in [0.717, 1.165) is 17.7 Å². The van der Waals surface area contributed by atoms with Crippen LogP contribution in [0.25, 0.3) is 0 Å². The zero-order chi connectivity index (χ0) is 23.1. The van der Waals surface area contributed by atoms with Crippen molar-refractivity contribution in [2.24, 2.45) is 5.92 Å². The van der Waals surface area contributed by atoms with Crippen LogP contribution in [-0.2, 0) is 20.8 Å². The molecule has 0 aromatic heterocycles. The molecule has 8 heteroatoms. The van der Waals surface area contributed by atoms with E-state index < -0.39 is 12.0 Å². The van der Waals surface area contributed by atoms with Crippen LogP contribution >= 0.6 is 0 Å². The fraction of sp³-hybridized carbons (Fsp3) is 0.375. The molecule has 32 heavy (non-hydrogen) atoms. The highest BCUT2D eigenvalue weighted by molar-refractivity contribution is 6.00. The van der Waals surface area contributed by atoms with Gasteiger partial charge in [-0.1, -0.05) is 25.1 Å². The number of hydrogen-bond acceptors (Lipinski definition) is 5. The molecule has 0 radical (unpaired) electrons. The van der Waals surface area contributed by atoms with Crippen LogP contribution in [0.3, 0.4) is 0 Å². The van der Waals surface area contributed by atoms with Gasteiger partial charge in [0.25, 0.3) is 5.91 Å². The first-order valence-corrected chi connectivity index (χ1v) is 10.7. The van der Waals surface area contributed by atoms with E-state index in [4.69, 9.17) is 4.74 Å². The first-order chi connectivity index (χ1) is 15.4. The number of carbonyl (C=O) groups excluding carboxylic acids is 3. The van der Waals surface area contributed by atoms with Crippen LogP contribution < -0.4 is 20.3 Å². The van der Waals surface area contributed by atoms with E-state index in [2.05, 4.69) is 10.6 Å². The van der Waals surface area contributed by atoms with E-state index in [-0.39, 0.29) is 43.8 Å². The zero-order valence-corrected chi connectivity index (χ0v) is 18.3. The molecule has 8 nitrogen and oxygen atoms in total. The quantitative estimate of drug-likeness (QED) is 0.555. The summed E-state index contributed by atoms with van der Waals surface area (Å²) >= 11 is 0. The fourth-order valence-electron chi connectivity index (χ4n) is 3.53. The zero-order valence-electron chi connectivity index (χ0n) is 18.3. The number of nitrogens with one attached hydrogen (secondary N) is 2. The minimum Gasteiger partial charge on any atom is -0.484 e. The molecule has 0 aliphatic carbocycles.